The number of alkyl halides is 1. The van der Waals surface area contributed by atoms with Gasteiger partial charge in [-0.05, 0) is 36.1 Å². The second-order valence-electron chi connectivity index (χ2n) is 4.66. The van der Waals surface area contributed by atoms with Gasteiger partial charge in [-0.3, -0.25) is 0 Å². The van der Waals surface area contributed by atoms with Gasteiger partial charge >= 0.3 is 0 Å². The lowest BCUT2D eigenvalue weighted by atomic mass is 9.98. The van der Waals surface area contributed by atoms with Crippen LogP contribution in [0.4, 0.5) is 4.39 Å². The number of hydrogen-bond donors (Lipinski definition) is 0. The average molecular weight is 353 g/mol. The van der Waals surface area contributed by atoms with E-state index in [-0.39, 0.29) is 11.7 Å². The van der Waals surface area contributed by atoms with Gasteiger partial charge in [-0.15, -0.1) is 0 Å². The maximum Gasteiger partial charge on any atom is 0.161 e. The van der Waals surface area contributed by atoms with Crippen LogP contribution >= 0.6 is 15.9 Å². The first-order chi connectivity index (χ1) is 10.3. The Balaban J connectivity index is 1.97. The molecule has 2 rings (SSSR count). The Morgan fingerprint density at radius 2 is 1.71 bits per heavy atom. The lowest BCUT2D eigenvalue weighted by Gasteiger charge is -2.16. The van der Waals surface area contributed by atoms with E-state index in [4.69, 9.17) is 9.47 Å². The summed E-state index contributed by atoms with van der Waals surface area (Å²) in [6.45, 7) is 0.505. The molecule has 112 valence electrons. The molecule has 1 atom stereocenters. The van der Waals surface area contributed by atoms with Crippen molar-refractivity contribution in [2.24, 2.45) is 0 Å². The van der Waals surface area contributed by atoms with Gasteiger partial charge in [0.25, 0.3) is 0 Å². The summed E-state index contributed by atoms with van der Waals surface area (Å²) in [7, 11) is 1.61. The largest absolute Gasteiger partial charge is 0.493 e. The molecule has 2 aromatic rings. The molecule has 0 saturated carbocycles. The summed E-state index contributed by atoms with van der Waals surface area (Å²) in [5.41, 5.74) is 0.720. The SMILES string of the molecule is COc1ccccc1OCCC(CBr)c1ccccc1F. The molecule has 0 aliphatic carbocycles. The fourth-order valence-electron chi connectivity index (χ4n) is 2.17. The molecule has 0 aromatic heterocycles. The van der Waals surface area contributed by atoms with Crippen LogP contribution in [0.1, 0.15) is 17.9 Å². The fraction of sp³-hybridized carbons (Fsp3) is 0.294. The predicted molar refractivity (Wildman–Crippen MR) is 86.0 cm³/mol. The van der Waals surface area contributed by atoms with Crippen LogP contribution in [-0.2, 0) is 0 Å². The number of methoxy groups -OCH3 is 1. The van der Waals surface area contributed by atoms with Gasteiger partial charge in [0.2, 0.25) is 0 Å². The van der Waals surface area contributed by atoms with Crippen LogP contribution in [0.25, 0.3) is 0 Å². The smallest absolute Gasteiger partial charge is 0.161 e. The molecule has 0 spiro atoms. The summed E-state index contributed by atoms with van der Waals surface area (Å²) in [6.07, 6.45) is 0.726. The number of halogens is 2. The third-order valence-electron chi connectivity index (χ3n) is 3.32. The quantitative estimate of drug-likeness (QED) is 0.667. The van der Waals surface area contributed by atoms with Crippen molar-refractivity contribution in [3.63, 3.8) is 0 Å². The maximum atomic E-state index is 13.8. The van der Waals surface area contributed by atoms with Gasteiger partial charge in [-0.25, -0.2) is 4.39 Å². The van der Waals surface area contributed by atoms with Crippen LogP contribution in [-0.4, -0.2) is 19.0 Å². The number of rotatable bonds is 7. The first-order valence-electron chi connectivity index (χ1n) is 6.82. The maximum absolute atomic E-state index is 13.8. The summed E-state index contributed by atoms with van der Waals surface area (Å²) in [6, 6.07) is 14.4. The van der Waals surface area contributed by atoms with E-state index in [0.29, 0.717) is 23.4 Å². The van der Waals surface area contributed by atoms with Crippen molar-refractivity contribution in [3.8, 4) is 11.5 Å². The van der Waals surface area contributed by atoms with Crippen molar-refractivity contribution in [1.29, 1.82) is 0 Å². The minimum Gasteiger partial charge on any atom is -0.493 e. The highest BCUT2D eigenvalue weighted by atomic mass is 79.9. The minimum atomic E-state index is -0.167. The Morgan fingerprint density at radius 1 is 1.05 bits per heavy atom. The second-order valence-corrected chi connectivity index (χ2v) is 5.31. The van der Waals surface area contributed by atoms with Crippen LogP contribution in [0.15, 0.2) is 48.5 Å². The number of para-hydroxylation sites is 2. The summed E-state index contributed by atoms with van der Waals surface area (Å²) in [4.78, 5) is 0. The van der Waals surface area contributed by atoms with Crippen molar-refractivity contribution in [3.05, 3.63) is 59.9 Å². The topological polar surface area (TPSA) is 18.5 Å². The Labute approximate surface area is 133 Å². The molecule has 0 N–H and O–H groups in total. The molecule has 0 bridgehead atoms. The lowest BCUT2D eigenvalue weighted by Crippen LogP contribution is -2.09. The molecule has 0 amide bonds. The highest BCUT2D eigenvalue weighted by Crippen LogP contribution is 2.28. The molecule has 2 nitrogen and oxygen atoms in total. The third-order valence-corrected chi connectivity index (χ3v) is 4.11. The van der Waals surface area contributed by atoms with Crippen molar-refractivity contribution >= 4 is 15.9 Å². The Kier molecular flexibility index (Phi) is 6.05. The molecule has 4 heteroatoms. The summed E-state index contributed by atoms with van der Waals surface area (Å²) >= 11 is 3.45. The van der Waals surface area contributed by atoms with Gasteiger partial charge in [0, 0.05) is 5.33 Å². The van der Waals surface area contributed by atoms with Gasteiger partial charge < -0.3 is 9.47 Å². The Hall–Kier alpha value is -1.55. The first-order valence-corrected chi connectivity index (χ1v) is 7.94. The molecular formula is C17H18BrFO2. The minimum absolute atomic E-state index is 0.0842. The van der Waals surface area contributed by atoms with Crippen LogP contribution in [0.3, 0.4) is 0 Å². The standard InChI is InChI=1S/C17H18BrFO2/c1-20-16-8-4-5-9-17(16)21-11-10-13(12-18)14-6-2-3-7-15(14)19/h2-9,13H,10-12H2,1H3. The Morgan fingerprint density at radius 3 is 2.38 bits per heavy atom. The zero-order valence-corrected chi connectivity index (χ0v) is 13.5. The van der Waals surface area contributed by atoms with E-state index in [0.717, 1.165) is 12.0 Å². The fourth-order valence-corrected chi connectivity index (χ4v) is 2.84. The van der Waals surface area contributed by atoms with Crippen LogP contribution < -0.4 is 9.47 Å². The number of benzene rings is 2. The van der Waals surface area contributed by atoms with E-state index in [1.165, 1.54) is 6.07 Å². The predicted octanol–water partition coefficient (Wildman–Crippen LogP) is 4.78. The lowest BCUT2D eigenvalue weighted by molar-refractivity contribution is 0.281. The highest BCUT2D eigenvalue weighted by Gasteiger charge is 2.14. The molecule has 0 aliphatic rings. The van der Waals surface area contributed by atoms with Gasteiger partial charge in [-0.1, -0.05) is 46.3 Å². The van der Waals surface area contributed by atoms with E-state index in [9.17, 15) is 4.39 Å². The monoisotopic (exact) mass is 352 g/mol. The van der Waals surface area contributed by atoms with Crippen molar-refractivity contribution in [2.45, 2.75) is 12.3 Å². The van der Waals surface area contributed by atoms with Crippen molar-refractivity contribution in [1.82, 2.24) is 0 Å². The van der Waals surface area contributed by atoms with E-state index < -0.39 is 0 Å². The zero-order chi connectivity index (χ0) is 15.1. The van der Waals surface area contributed by atoms with Gasteiger partial charge in [0.1, 0.15) is 5.82 Å². The van der Waals surface area contributed by atoms with E-state index in [1.54, 1.807) is 13.2 Å². The molecule has 21 heavy (non-hydrogen) atoms. The first kappa shape index (κ1) is 15.8. The molecular weight excluding hydrogens is 335 g/mol. The molecule has 0 aliphatic heterocycles. The number of ether oxygens (including phenoxy) is 2. The molecule has 0 saturated heterocycles. The zero-order valence-electron chi connectivity index (χ0n) is 11.9. The van der Waals surface area contributed by atoms with E-state index in [2.05, 4.69) is 15.9 Å². The highest BCUT2D eigenvalue weighted by molar-refractivity contribution is 9.09. The van der Waals surface area contributed by atoms with Crippen molar-refractivity contribution < 1.29 is 13.9 Å². The Bertz CT molecular complexity index is 574. The van der Waals surface area contributed by atoms with Crippen molar-refractivity contribution in [2.75, 3.05) is 19.0 Å². The summed E-state index contributed by atoms with van der Waals surface area (Å²) in [5, 5.41) is 0.698. The summed E-state index contributed by atoms with van der Waals surface area (Å²) < 4.78 is 24.8. The van der Waals surface area contributed by atoms with Gasteiger partial charge in [-0.2, -0.15) is 0 Å². The van der Waals surface area contributed by atoms with E-state index >= 15 is 0 Å². The van der Waals surface area contributed by atoms with Crippen LogP contribution in [0, 0.1) is 5.82 Å². The van der Waals surface area contributed by atoms with Gasteiger partial charge in [0.15, 0.2) is 11.5 Å². The van der Waals surface area contributed by atoms with Crippen LogP contribution in [0.5, 0.6) is 11.5 Å². The molecule has 1 unspecified atom stereocenters. The second kappa shape index (κ2) is 8.03. The molecule has 0 heterocycles. The molecule has 0 fully saturated rings. The van der Waals surface area contributed by atoms with Gasteiger partial charge in [0.05, 0.1) is 13.7 Å². The molecule has 0 radical (unpaired) electrons. The average Bonchev–Trinajstić information content (AvgIpc) is 2.53. The molecule has 2 aromatic carbocycles. The normalized spacial score (nSPS) is 12.0. The third kappa shape index (κ3) is 4.21. The van der Waals surface area contributed by atoms with E-state index in [1.807, 2.05) is 36.4 Å². The number of hydrogen-bond acceptors (Lipinski definition) is 2. The van der Waals surface area contributed by atoms with Crippen LogP contribution in [0.2, 0.25) is 0 Å². The summed E-state index contributed by atoms with van der Waals surface area (Å²) in [5.74, 6) is 1.33.